The summed E-state index contributed by atoms with van der Waals surface area (Å²) in [5, 5.41) is 0.240. The van der Waals surface area contributed by atoms with Crippen LogP contribution >= 0.6 is 23.2 Å². The molecule has 0 bridgehead atoms. The van der Waals surface area contributed by atoms with Crippen molar-refractivity contribution < 1.29 is 8.42 Å². The van der Waals surface area contributed by atoms with Gasteiger partial charge in [0.05, 0.1) is 10.0 Å². The lowest BCUT2D eigenvalue weighted by Gasteiger charge is -2.30. The smallest absolute Gasteiger partial charge is 0.243 e. The Labute approximate surface area is 136 Å². The molecule has 0 radical (unpaired) electrons. The van der Waals surface area contributed by atoms with Crippen LogP contribution in [0.2, 0.25) is 10.0 Å². The lowest BCUT2D eigenvalue weighted by atomic mass is 9.84. The van der Waals surface area contributed by atoms with Crippen LogP contribution in [0.4, 0.5) is 0 Å². The van der Waals surface area contributed by atoms with Gasteiger partial charge < -0.3 is 5.73 Å². The fourth-order valence-corrected chi connectivity index (χ4v) is 5.33. The van der Waals surface area contributed by atoms with Crippen LogP contribution in [0.1, 0.15) is 32.1 Å². The molecule has 0 saturated heterocycles. The summed E-state index contributed by atoms with van der Waals surface area (Å²) >= 11 is 12.0. The highest BCUT2D eigenvalue weighted by molar-refractivity contribution is 7.89. The van der Waals surface area contributed by atoms with Gasteiger partial charge in [-0.05, 0) is 30.9 Å². The molecule has 0 spiro atoms. The number of halogens is 2. The van der Waals surface area contributed by atoms with Crippen molar-refractivity contribution in [3.8, 4) is 0 Å². The Morgan fingerprint density at radius 1 is 1.19 bits per heavy atom. The number of benzene rings is 1. The highest BCUT2D eigenvalue weighted by atomic mass is 35.5. The summed E-state index contributed by atoms with van der Waals surface area (Å²) in [6.45, 7) is 0.270. The third-order valence-electron chi connectivity index (χ3n) is 3.97. The van der Waals surface area contributed by atoms with Crippen LogP contribution in [0.3, 0.4) is 0 Å². The summed E-state index contributed by atoms with van der Waals surface area (Å²) in [6, 6.07) is 4.37. The van der Waals surface area contributed by atoms with Gasteiger partial charge in [-0.2, -0.15) is 0 Å². The maximum atomic E-state index is 12.6. The number of nitrogens with one attached hydrogen (secondary N) is 1. The third kappa shape index (κ3) is 4.11. The first kappa shape index (κ1) is 17.0. The zero-order chi connectivity index (χ0) is 15.5. The van der Waals surface area contributed by atoms with Crippen molar-refractivity contribution in [1.29, 1.82) is 0 Å². The third-order valence-corrected chi connectivity index (χ3v) is 6.41. The maximum Gasteiger partial charge on any atom is 0.243 e. The average molecular weight is 351 g/mol. The number of hydrogen-bond acceptors (Lipinski definition) is 3. The number of sulfonamides is 1. The van der Waals surface area contributed by atoms with Gasteiger partial charge in [0.1, 0.15) is 4.90 Å². The van der Waals surface area contributed by atoms with E-state index in [-0.39, 0.29) is 33.4 Å². The predicted octanol–water partition coefficient (Wildman–Crippen LogP) is 3.18. The molecule has 1 aromatic rings. The van der Waals surface area contributed by atoms with Gasteiger partial charge in [-0.1, -0.05) is 48.5 Å². The molecule has 0 heterocycles. The Balaban J connectivity index is 2.23. The second-order valence-corrected chi connectivity index (χ2v) is 7.88. The van der Waals surface area contributed by atoms with E-state index in [4.69, 9.17) is 28.9 Å². The molecule has 1 unspecified atom stereocenters. The molecule has 1 saturated carbocycles. The van der Waals surface area contributed by atoms with E-state index in [1.165, 1.54) is 18.6 Å². The normalized spacial score (nSPS) is 18.6. The van der Waals surface area contributed by atoms with E-state index in [9.17, 15) is 8.42 Å². The first-order valence-corrected chi connectivity index (χ1v) is 9.36. The van der Waals surface area contributed by atoms with Crippen molar-refractivity contribution in [2.45, 2.75) is 43.0 Å². The molecule has 4 nitrogen and oxygen atoms in total. The van der Waals surface area contributed by atoms with Gasteiger partial charge in [0.15, 0.2) is 0 Å². The Bertz CT molecular complexity index is 566. The molecule has 1 aliphatic rings. The molecular formula is C14H20Cl2N2O2S. The fraction of sp³-hybridized carbons (Fsp3) is 0.571. The Hall–Kier alpha value is -0.330. The SMILES string of the molecule is NCC(NS(=O)(=O)c1c(Cl)cccc1Cl)C1CCCCC1. The van der Waals surface area contributed by atoms with Crippen LogP contribution in [-0.4, -0.2) is 21.0 Å². The lowest BCUT2D eigenvalue weighted by molar-refractivity contribution is 0.294. The molecule has 118 valence electrons. The van der Waals surface area contributed by atoms with E-state index in [1.54, 1.807) is 6.07 Å². The number of rotatable bonds is 5. The first-order chi connectivity index (χ1) is 9.95. The van der Waals surface area contributed by atoms with Gasteiger partial charge in [0, 0.05) is 12.6 Å². The molecule has 0 aliphatic heterocycles. The molecule has 21 heavy (non-hydrogen) atoms. The van der Waals surface area contributed by atoms with Crippen molar-refractivity contribution >= 4 is 33.2 Å². The largest absolute Gasteiger partial charge is 0.329 e. The molecule has 3 N–H and O–H groups in total. The number of hydrogen-bond donors (Lipinski definition) is 2. The van der Waals surface area contributed by atoms with E-state index in [2.05, 4.69) is 4.72 Å². The van der Waals surface area contributed by atoms with Crippen molar-refractivity contribution in [2.24, 2.45) is 11.7 Å². The van der Waals surface area contributed by atoms with Crippen LogP contribution in [0.25, 0.3) is 0 Å². The lowest BCUT2D eigenvalue weighted by Crippen LogP contribution is -2.45. The highest BCUT2D eigenvalue weighted by Crippen LogP contribution is 2.31. The van der Waals surface area contributed by atoms with Crippen molar-refractivity contribution in [3.05, 3.63) is 28.2 Å². The van der Waals surface area contributed by atoms with Crippen molar-refractivity contribution in [3.63, 3.8) is 0 Å². The van der Waals surface area contributed by atoms with Gasteiger partial charge in [-0.3, -0.25) is 0 Å². The average Bonchev–Trinajstić information content (AvgIpc) is 2.45. The minimum Gasteiger partial charge on any atom is -0.329 e. The minimum atomic E-state index is -3.78. The van der Waals surface area contributed by atoms with E-state index in [0.29, 0.717) is 0 Å². The zero-order valence-corrected chi connectivity index (χ0v) is 14.0. The molecule has 7 heteroatoms. The van der Waals surface area contributed by atoms with Gasteiger partial charge in [-0.25, -0.2) is 13.1 Å². The minimum absolute atomic E-state index is 0.0670. The van der Waals surface area contributed by atoms with Crippen LogP contribution in [0, 0.1) is 5.92 Å². The summed E-state index contributed by atoms with van der Waals surface area (Å²) in [4.78, 5) is -0.0670. The molecule has 2 rings (SSSR count). The summed E-state index contributed by atoms with van der Waals surface area (Å²) < 4.78 is 27.8. The first-order valence-electron chi connectivity index (χ1n) is 7.12. The van der Waals surface area contributed by atoms with Gasteiger partial charge in [0.25, 0.3) is 0 Å². The highest BCUT2D eigenvalue weighted by Gasteiger charge is 2.29. The van der Waals surface area contributed by atoms with Crippen molar-refractivity contribution in [2.75, 3.05) is 6.54 Å². The summed E-state index contributed by atoms with van der Waals surface area (Å²) in [5.41, 5.74) is 5.77. The van der Waals surface area contributed by atoms with Crippen LogP contribution < -0.4 is 10.5 Å². The summed E-state index contributed by atoms with van der Waals surface area (Å²) in [5.74, 6) is 0.278. The predicted molar refractivity (Wildman–Crippen MR) is 86.2 cm³/mol. The molecule has 1 aliphatic carbocycles. The maximum absolute atomic E-state index is 12.6. The topological polar surface area (TPSA) is 72.2 Å². The second-order valence-electron chi connectivity index (χ2n) is 5.41. The summed E-state index contributed by atoms with van der Waals surface area (Å²) in [7, 11) is -3.78. The fourth-order valence-electron chi connectivity index (χ4n) is 2.87. The molecule has 0 aromatic heterocycles. The molecule has 1 aromatic carbocycles. The van der Waals surface area contributed by atoms with Gasteiger partial charge in [-0.15, -0.1) is 0 Å². The molecule has 0 amide bonds. The van der Waals surface area contributed by atoms with Crippen LogP contribution in [0.15, 0.2) is 23.1 Å². The van der Waals surface area contributed by atoms with E-state index < -0.39 is 10.0 Å². The Morgan fingerprint density at radius 2 is 1.76 bits per heavy atom. The van der Waals surface area contributed by atoms with Gasteiger partial charge in [0.2, 0.25) is 10.0 Å². The standard InChI is InChI=1S/C14H20Cl2N2O2S/c15-11-7-4-8-12(16)14(11)21(19,20)18-13(9-17)10-5-2-1-3-6-10/h4,7-8,10,13,18H,1-3,5-6,9,17H2. The van der Waals surface area contributed by atoms with Gasteiger partial charge >= 0.3 is 0 Å². The Kier molecular flexibility index (Phi) is 5.91. The van der Waals surface area contributed by atoms with E-state index in [0.717, 1.165) is 25.7 Å². The van der Waals surface area contributed by atoms with Crippen molar-refractivity contribution in [1.82, 2.24) is 4.72 Å². The second kappa shape index (κ2) is 7.29. The molecular weight excluding hydrogens is 331 g/mol. The Morgan fingerprint density at radius 3 is 2.29 bits per heavy atom. The quantitative estimate of drug-likeness (QED) is 0.856. The number of nitrogens with two attached hydrogens (primary N) is 1. The van der Waals surface area contributed by atoms with Crippen LogP contribution in [0.5, 0.6) is 0 Å². The molecule has 1 fully saturated rings. The molecule has 1 atom stereocenters. The van der Waals surface area contributed by atoms with Crippen LogP contribution in [-0.2, 0) is 10.0 Å². The zero-order valence-electron chi connectivity index (χ0n) is 11.7. The summed E-state index contributed by atoms with van der Waals surface area (Å²) in [6.07, 6.45) is 5.45. The monoisotopic (exact) mass is 350 g/mol. The van der Waals surface area contributed by atoms with E-state index in [1.807, 2.05) is 0 Å². The van der Waals surface area contributed by atoms with E-state index >= 15 is 0 Å².